The molecular weight excluding hydrogens is 378 g/mol. The zero-order chi connectivity index (χ0) is 20.7. The van der Waals surface area contributed by atoms with Crippen LogP contribution in [-0.2, 0) is 0 Å². The molecule has 0 saturated carbocycles. The lowest BCUT2D eigenvalue weighted by molar-refractivity contribution is -0.384. The van der Waals surface area contributed by atoms with Gasteiger partial charge in [-0.3, -0.25) is 14.9 Å². The smallest absolute Gasteiger partial charge is 0.269 e. The molecule has 0 saturated heterocycles. The normalized spacial score (nSPS) is 15.2. The van der Waals surface area contributed by atoms with Crippen LogP contribution in [-0.4, -0.2) is 10.8 Å². The summed E-state index contributed by atoms with van der Waals surface area (Å²) in [7, 11) is 0. The summed E-state index contributed by atoms with van der Waals surface area (Å²) in [5, 5.41) is 17.6. The summed E-state index contributed by atoms with van der Waals surface area (Å²) in [5.74, 6) is -0.210. The number of fused-ring (bicyclic) bond motifs is 3. The number of nitro benzene ring substituents is 1. The van der Waals surface area contributed by atoms with Crippen LogP contribution in [0.4, 0.5) is 11.4 Å². The molecule has 1 atom stereocenters. The van der Waals surface area contributed by atoms with Gasteiger partial charge in [0, 0.05) is 23.3 Å². The van der Waals surface area contributed by atoms with Gasteiger partial charge in [0.1, 0.15) is 6.17 Å². The van der Waals surface area contributed by atoms with Crippen molar-refractivity contribution < 1.29 is 9.72 Å². The third-order valence-corrected chi connectivity index (χ3v) is 5.34. The highest BCUT2D eigenvalue weighted by Gasteiger charge is 2.34. The number of hydrogen-bond acceptors (Lipinski definition) is 4. The van der Waals surface area contributed by atoms with Crippen LogP contribution < -0.4 is 10.6 Å². The first kappa shape index (κ1) is 17.9. The average molecular weight is 395 g/mol. The number of nitrogens with one attached hydrogen (secondary N) is 2. The molecule has 5 rings (SSSR count). The third kappa shape index (κ3) is 2.86. The van der Waals surface area contributed by atoms with E-state index in [0.717, 1.165) is 27.9 Å². The Hall–Kier alpha value is -4.19. The van der Waals surface area contributed by atoms with E-state index in [-0.39, 0.29) is 11.6 Å². The van der Waals surface area contributed by atoms with Crippen molar-refractivity contribution in [3.63, 3.8) is 0 Å². The van der Waals surface area contributed by atoms with E-state index < -0.39 is 11.1 Å². The summed E-state index contributed by atoms with van der Waals surface area (Å²) in [6.07, 6.45) is -0.571. The molecular formula is C24H17N3O3. The number of hydrogen-bond donors (Lipinski definition) is 2. The Balaban J connectivity index is 1.70. The predicted molar refractivity (Wildman–Crippen MR) is 115 cm³/mol. The first-order chi connectivity index (χ1) is 14.6. The van der Waals surface area contributed by atoms with Gasteiger partial charge >= 0.3 is 0 Å². The second kappa shape index (κ2) is 7.00. The molecule has 2 aliphatic carbocycles. The quantitative estimate of drug-likeness (QED) is 0.368. The molecule has 146 valence electrons. The van der Waals surface area contributed by atoms with Crippen LogP contribution in [0.1, 0.15) is 22.1 Å². The lowest BCUT2D eigenvalue weighted by Gasteiger charge is -2.27. The van der Waals surface area contributed by atoms with Gasteiger partial charge in [-0.05, 0) is 16.7 Å². The molecule has 1 heterocycles. The van der Waals surface area contributed by atoms with Gasteiger partial charge in [-0.15, -0.1) is 0 Å². The zero-order valence-corrected chi connectivity index (χ0v) is 15.8. The number of carbonyl (C=O) groups is 1. The Labute approximate surface area is 172 Å². The van der Waals surface area contributed by atoms with Gasteiger partial charge in [0.2, 0.25) is 0 Å². The van der Waals surface area contributed by atoms with Crippen LogP contribution >= 0.6 is 0 Å². The van der Waals surface area contributed by atoms with E-state index in [1.807, 2.05) is 60.7 Å². The Morgan fingerprint density at radius 2 is 1.43 bits per heavy atom. The molecule has 30 heavy (non-hydrogen) atoms. The van der Waals surface area contributed by atoms with E-state index in [2.05, 4.69) is 10.6 Å². The van der Waals surface area contributed by atoms with Gasteiger partial charge in [0.05, 0.1) is 16.2 Å². The van der Waals surface area contributed by atoms with Crippen molar-refractivity contribution in [2.75, 3.05) is 5.32 Å². The van der Waals surface area contributed by atoms with Gasteiger partial charge in [0.15, 0.2) is 0 Å². The van der Waals surface area contributed by atoms with Crippen LogP contribution in [0.15, 0.2) is 84.9 Å². The predicted octanol–water partition coefficient (Wildman–Crippen LogP) is 5.22. The number of non-ortho nitro benzene ring substituents is 1. The van der Waals surface area contributed by atoms with Crippen molar-refractivity contribution in [1.82, 2.24) is 5.32 Å². The number of nitro groups is 1. The molecule has 0 aromatic heterocycles. The van der Waals surface area contributed by atoms with Crippen molar-refractivity contribution in [1.29, 1.82) is 0 Å². The fraction of sp³-hybridized carbons (Fsp3) is 0.0417. The summed E-state index contributed by atoms with van der Waals surface area (Å²) in [5.41, 5.74) is 5.70. The second-order valence-electron chi connectivity index (χ2n) is 7.13. The highest BCUT2D eigenvalue weighted by molar-refractivity contribution is 6.16. The summed E-state index contributed by atoms with van der Waals surface area (Å²) >= 11 is 0. The average Bonchev–Trinajstić information content (AvgIpc) is 2.90. The van der Waals surface area contributed by atoms with Gasteiger partial charge in [-0.2, -0.15) is 0 Å². The molecule has 0 fully saturated rings. The SMILES string of the molecule is O=C1NC(c2cccc([N+](=O)[O-])c2)Nc2c1c1cccccc-1c2-c1ccccc1. The number of nitrogens with zero attached hydrogens (tertiary/aromatic N) is 1. The number of amides is 1. The van der Waals surface area contributed by atoms with E-state index in [0.29, 0.717) is 11.1 Å². The van der Waals surface area contributed by atoms with Crippen LogP contribution in [0, 0.1) is 10.1 Å². The minimum atomic E-state index is -0.571. The van der Waals surface area contributed by atoms with Crippen LogP contribution in [0.3, 0.4) is 0 Å². The topological polar surface area (TPSA) is 84.3 Å². The summed E-state index contributed by atoms with van der Waals surface area (Å²) in [6, 6.07) is 26.0. The maximum Gasteiger partial charge on any atom is 0.269 e. The summed E-state index contributed by atoms with van der Waals surface area (Å²) in [6.45, 7) is 0. The Morgan fingerprint density at radius 1 is 0.767 bits per heavy atom. The highest BCUT2D eigenvalue weighted by Crippen LogP contribution is 2.48. The zero-order valence-electron chi connectivity index (χ0n) is 15.8. The summed E-state index contributed by atoms with van der Waals surface area (Å²) in [4.78, 5) is 23.9. The standard InChI is InChI=1S/C24H17N3O3/c28-24-21-19-13-6-2-5-12-18(19)20(15-8-3-1-4-9-15)22(21)25-23(26-24)16-10-7-11-17(14-16)27(29)30/h1-14,23,25H,(H,26,28). The van der Waals surface area contributed by atoms with Crippen LogP contribution in [0.2, 0.25) is 0 Å². The van der Waals surface area contributed by atoms with E-state index in [1.165, 1.54) is 12.1 Å². The van der Waals surface area contributed by atoms with Crippen molar-refractivity contribution >= 4 is 17.3 Å². The molecule has 0 radical (unpaired) electrons. The minimum absolute atomic E-state index is 0.0164. The first-order valence-electron chi connectivity index (χ1n) is 9.55. The largest absolute Gasteiger partial charge is 0.360 e. The lowest BCUT2D eigenvalue weighted by atomic mass is 10.0. The Kier molecular flexibility index (Phi) is 4.17. The van der Waals surface area contributed by atoms with Crippen LogP contribution in [0.25, 0.3) is 22.3 Å². The number of carbonyl (C=O) groups excluding carboxylic acids is 1. The maximum atomic E-state index is 13.2. The number of rotatable bonds is 3. The summed E-state index contributed by atoms with van der Waals surface area (Å²) < 4.78 is 0. The molecule has 1 amide bonds. The molecule has 1 aliphatic heterocycles. The number of benzene rings is 2. The molecule has 0 spiro atoms. The van der Waals surface area contributed by atoms with E-state index in [4.69, 9.17) is 0 Å². The molecule has 1 unspecified atom stereocenters. The van der Waals surface area contributed by atoms with Crippen molar-refractivity contribution in [2.45, 2.75) is 6.17 Å². The lowest BCUT2D eigenvalue weighted by Crippen LogP contribution is -2.38. The van der Waals surface area contributed by atoms with Gasteiger partial charge in [0.25, 0.3) is 11.6 Å². The monoisotopic (exact) mass is 395 g/mol. The number of anilines is 1. The Morgan fingerprint density at radius 3 is 2.13 bits per heavy atom. The molecule has 0 bridgehead atoms. The molecule has 6 heteroatoms. The first-order valence-corrected chi connectivity index (χ1v) is 9.55. The third-order valence-electron chi connectivity index (χ3n) is 5.34. The minimum Gasteiger partial charge on any atom is -0.360 e. The molecule has 2 aromatic carbocycles. The molecule has 3 aliphatic rings. The molecule has 6 nitrogen and oxygen atoms in total. The van der Waals surface area contributed by atoms with E-state index >= 15 is 0 Å². The molecule has 2 aromatic rings. The van der Waals surface area contributed by atoms with E-state index in [1.54, 1.807) is 12.1 Å². The fourth-order valence-corrected chi connectivity index (χ4v) is 4.03. The van der Waals surface area contributed by atoms with Crippen molar-refractivity contribution in [3.8, 4) is 22.3 Å². The van der Waals surface area contributed by atoms with Crippen molar-refractivity contribution in [2.24, 2.45) is 0 Å². The van der Waals surface area contributed by atoms with Crippen molar-refractivity contribution in [3.05, 3.63) is 106 Å². The molecule has 2 N–H and O–H groups in total. The highest BCUT2D eigenvalue weighted by atomic mass is 16.6. The fourth-order valence-electron chi connectivity index (χ4n) is 4.03. The van der Waals surface area contributed by atoms with E-state index in [9.17, 15) is 14.9 Å². The second-order valence-corrected chi connectivity index (χ2v) is 7.13. The van der Waals surface area contributed by atoms with Crippen LogP contribution in [0.5, 0.6) is 0 Å². The van der Waals surface area contributed by atoms with Gasteiger partial charge in [-0.25, -0.2) is 0 Å². The maximum absolute atomic E-state index is 13.2. The Bertz CT molecular complexity index is 1250. The van der Waals surface area contributed by atoms with Gasteiger partial charge in [-0.1, -0.05) is 72.8 Å². The van der Waals surface area contributed by atoms with Gasteiger partial charge < -0.3 is 10.6 Å².